The van der Waals surface area contributed by atoms with Crippen LogP contribution >= 0.6 is 0 Å². The Kier molecular flexibility index (Phi) is 8.74. The third-order valence-corrected chi connectivity index (χ3v) is 3.91. The van der Waals surface area contributed by atoms with E-state index in [0.717, 1.165) is 18.8 Å². The van der Waals surface area contributed by atoms with Crippen LogP contribution in [0, 0.1) is 5.92 Å². The van der Waals surface area contributed by atoms with E-state index in [4.69, 9.17) is 4.74 Å². The number of carbonyl (C=O) groups excluding carboxylic acids is 1. The van der Waals surface area contributed by atoms with Crippen LogP contribution in [0.5, 0.6) is 0 Å². The summed E-state index contributed by atoms with van der Waals surface area (Å²) < 4.78 is 5.49. The zero-order valence-electron chi connectivity index (χ0n) is 13.2. The van der Waals surface area contributed by atoms with Gasteiger partial charge in [0.15, 0.2) is 0 Å². The number of benzene rings is 2. The van der Waals surface area contributed by atoms with Crippen LogP contribution in [0.1, 0.15) is 50.4 Å². The van der Waals surface area contributed by atoms with Gasteiger partial charge in [-0.2, -0.15) is 0 Å². The zero-order chi connectivity index (χ0) is 15.6. The summed E-state index contributed by atoms with van der Waals surface area (Å²) >= 11 is 0. The summed E-state index contributed by atoms with van der Waals surface area (Å²) in [5.41, 5.74) is 0.654. The average Bonchev–Trinajstić information content (AvgIpc) is 2.60. The van der Waals surface area contributed by atoms with Crippen LogP contribution in [0.15, 0.2) is 66.7 Å². The molecule has 1 aliphatic rings. The van der Waals surface area contributed by atoms with Gasteiger partial charge in [-0.05, 0) is 43.7 Å². The molecule has 0 bridgehead atoms. The van der Waals surface area contributed by atoms with Gasteiger partial charge in [-0.25, -0.2) is 4.79 Å². The van der Waals surface area contributed by atoms with E-state index in [0.29, 0.717) is 5.56 Å². The first-order valence-corrected chi connectivity index (χ1v) is 8.01. The lowest BCUT2D eigenvalue weighted by atomic mass is 9.89. The highest BCUT2D eigenvalue weighted by Crippen LogP contribution is 2.26. The van der Waals surface area contributed by atoms with Gasteiger partial charge in [-0.3, -0.25) is 0 Å². The number of rotatable bonds is 2. The second kappa shape index (κ2) is 10.6. The smallest absolute Gasteiger partial charge is 0.338 e. The van der Waals surface area contributed by atoms with E-state index in [9.17, 15) is 4.79 Å². The van der Waals surface area contributed by atoms with Gasteiger partial charge in [0.1, 0.15) is 6.10 Å². The number of esters is 1. The Morgan fingerprint density at radius 2 is 1.26 bits per heavy atom. The molecule has 0 aromatic heterocycles. The molecule has 0 atom stereocenters. The summed E-state index contributed by atoms with van der Waals surface area (Å²) in [7, 11) is 0. The molecule has 23 heavy (non-hydrogen) atoms. The summed E-state index contributed by atoms with van der Waals surface area (Å²) in [6.45, 7) is 2.26. The molecular weight excluding hydrogens is 284 g/mol. The van der Waals surface area contributed by atoms with Crippen LogP contribution in [0.25, 0.3) is 0 Å². The maximum absolute atomic E-state index is 11.8. The molecule has 1 fully saturated rings. The summed E-state index contributed by atoms with van der Waals surface area (Å²) in [5, 5.41) is 0. The maximum Gasteiger partial charge on any atom is 0.338 e. The molecule has 2 aromatic rings. The van der Waals surface area contributed by atoms with Gasteiger partial charge in [-0.15, -0.1) is 0 Å². The van der Waals surface area contributed by atoms with Crippen molar-refractivity contribution in [2.24, 2.45) is 5.92 Å². The highest BCUT2D eigenvalue weighted by atomic mass is 16.5. The predicted octanol–water partition coefficient (Wildman–Crippen LogP) is 5.74. The largest absolute Gasteiger partial charge is 0.459 e. The van der Waals surface area contributed by atoms with Gasteiger partial charge in [-0.1, -0.05) is 68.9 Å². The van der Waals surface area contributed by atoms with Crippen molar-refractivity contribution in [3.05, 3.63) is 72.3 Å². The van der Waals surface area contributed by atoms with Crippen molar-refractivity contribution in [1.29, 1.82) is 0 Å². The van der Waals surface area contributed by atoms with Gasteiger partial charge in [0, 0.05) is 0 Å². The summed E-state index contributed by atoms with van der Waals surface area (Å²) in [6.07, 6.45) is 4.50. The van der Waals surface area contributed by atoms with E-state index in [2.05, 4.69) is 6.92 Å². The monoisotopic (exact) mass is 312 g/mol. The lowest BCUT2D eigenvalue weighted by molar-refractivity contribution is 0.0174. The number of ether oxygens (including phenoxy) is 1. The van der Waals surface area contributed by atoms with E-state index >= 15 is 0 Å². The van der Waals surface area contributed by atoms with E-state index in [-0.39, 0.29) is 19.5 Å². The Morgan fingerprint density at radius 1 is 0.826 bits per heavy atom. The summed E-state index contributed by atoms with van der Waals surface area (Å²) in [6, 6.07) is 21.2. The summed E-state index contributed by atoms with van der Waals surface area (Å²) in [4.78, 5) is 11.8. The molecule has 0 spiro atoms. The first-order chi connectivity index (χ1) is 10.8. The summed E-state index contributed by atoms with van der Waals surface area (Å²) in [5.74, 6) is 0.604. The Bertz CT molecular complexity index is 502. The molecule has 0 aliphatic heterocycles. The van der Waals surface area contributed by atoms with Crippen LogP contribution < -0.4 is 0 Å². The van der Waals surface area contributed by atoms with Crippen molar-refractivity contribution in [3.8, 4) is 0 Å². The molecule has 0 amide bonds. The first-order valence-electron chi connectivity index (χ1n) is 8.01. The highest BCUT2D eigenvalue weighted by molar-refractivity contribution is 5.89. The Balaban J connectivity index is 0.000000320. The fourth-order valence-electron chi connectivity index (χ4n) is 2.53. The zero-order valence-corrected chi connectivity index (χ0v) is 13.2. The molecular formula is C21H28O2. The molecule has 0 unspecified atom stereocenters. The van der Waals surface area contributed by atoms with Crippen LogP contribution in [0.3, 0.4) is 0 Å². The Hall–Kier alpha value is -2.09. The third kappa shape index (κ3) is 7.14. The topological polar surface area (TPSA) is 26.3 Å². The number of hydrogen-bond donors (Lipinski definition) is 0. The molecule has 3 rings (SSSR count). The van der Waals surface area contributed by atoms with Crippen LogP contribution in [0.4, 0.5) is 0 Å². The van der Waals surface area contributed by atoms with Gasteiger partial charge in [0.05, 0.1) is 5.56 Å². The van der Waals surface area contributed by atoms with Crippen molar-refractivity contribution >= 4 is 5.97 Å². The van der Waals surface area contributed by atoms with Crippen molar-refractivity contribution in [2.45, 2.75) is 46.1 Å². The molecule has 0 radical (unpaired) electrons. The lowest BCUT2D eigenvalue weighted by Crippen LogP contribution is -2.23. The van der Waals surface area contributed by atoms with Crippen LogP contribution in [0.2, 0.25) is 0 Å². The van der Waals surface area contributed by atoms with E-state index in [1.165, 1.54) is 12.8 Å². The van der Waals surface area contributed by atoms with Crippen molar-refractivity contribution in [3.63, 3.8) is 0 Å². The minimum Gasteiger partial charge on any atom is -0.459 e. The second-order valence-corrected chi connectivity index (χ2v) is 5.81. The molecule has 0 saturated heterocycles. The second-order valence-electron chi connectivity index (χ2n) is 5.81. The molecule has 1 saturated carbocycles. The van der Waals surface area contributed by atoms with Crippen molar-refractivity contribution in [2.75, 3.05) is 0 Å². The third-order valence-electron chi connectivity index (χ3n) is 3.91. The fraction of sp³-hybridized carbons (Fsp3) is 0.381. The normalized spacial score (nSPS) is 19.5. The highest BCUT2D eigenvalue weighted by Gasteiger charge is 2.21. The number of carbonyl (C=O) groups is 1. The van der Waals surface area contributed by atoms with Gasteiger partial charge in [0.2, 0.25) is 0 Å². The Morgan fingerprint density at radius 3 is 1.74 bits per heavy atom. The first kappa shape index (κ1) is 19.0. The van der Waals surface area contributed by atoms with Crippen molar-refractivity contribution in [1.82, 2.24) is 0 Å². The predicted molar refractivity (Wildman–Crippen MR) is 96.5 cm³/mol. The molecule has 2 heteroatoms. The van der Waals surface area contributed by atoms with E-state index in [1.807, 2.05) is 54.6 Å². The van der Waals surface area contributed by atoms with E-state index < -0.39 is 0 Å². The SMILES string of the molecule is C.CC1CCC(OC(=O)c2ccccc2)CC1.c1ccccc1. The van der Waals surface area contributed by atoms with Gasteiger partial charge < -0.3 is 4.74 Å². The maximum atomic E-state index is 11.8. The standard InChI is InChI=1S/C14H18O2.C6H6.CH4/c1-11-7-9-13(10-8-11)16-14(15)12-5-3-2-4-6-12;1-2-4-6-5-3-1;/h2-6,11,13H,7-10H2,1H3;1-6H;1H4. The van der Waals surface area contributed by atoms with E-state index in [1.54, 1.807) is 12.1 Å². The van der Waals surface area contributed by atoms with Crippen LogP contribution in [-0.2, 0) is 4.74 Å². The molecule has 0 N–H and O–H groups in total. The van der Waals surface area contributed by atoms with Crippen LogP contribution in [-0.4, -0.2) is 12.1 Å². The molecule has 2 nitrogen and oxygen atoms in total. The minimum atomic E-state index is -0.180. The van der Waals surface area contributed by atoms with Gasteiger partial charge >= 0.3 is 5.97 Å². The van der Waals surface area contributed by atoms with Crippen molar-refractivity contribution < 1.29 is 9.53 Å². The molecule has 0 heterocycles. The number of hydrogen-bond acceptors (Lipinski definition) is 2. The molecule has 124 valence electrons. The lowest BCUT2D eigenvalue weighted by Gasteiger charge is -2.25. The average molecular weight is 312 g/mol. The quantitative estimate of drug-likeness (QED) is 0.660. The minimum absolute atomic E-state index is 0. The Labute approximate surface area is 140 Å². The van der Waals surface area contributed by atoms with Gasteiger partial charge in [0.25, 0.3) is 0 Å². The fourth-order valence-corrected chi connectivity index (χ4v) is 2.53. The molecule has 2 aromatic carbocycles. The molecule has 1 aliphatic carbocycles.